The first-order valence-corrected chi connectivity index (χ1v) is 7.59. The number of nitriles is 1. The van der Waals surface area contributed by atoms with E-state index in [9.17, 15) is 4.91 Å². The largest absolute Gasteiger partial charge is 0.371 e. The maximum atomic E-state index is 10.7. The third-order valence-corrected chi connectivity index (χ3v) is 4.60. The molecule has 1 atom stereocenters. The second kappa shape index (κ2) is 6.10. The number of nitrogens with zero attached hydrogens (tertiary/aromatic N) is 4. The van der Waals surface area contributed by atoms with Crippen LogP contribution >= 0.6 is 0 Å². The second-order valence-corrected chi connectivity index (χ2v) is 5.87. The summed E-state index contributed by atoms with van der Waals surface area (Å²) in [6.07, 6.45) is 3.84. The number of hydrogen-bond acceptors (Lipinski definition) is 5. The van der Waals surface area contributed by atoms with Crippen LogP contribution in [0.3, 0.4) is 0 Å². The molecule has 0 aliphatic carbocycles. The fourth-order valence-electron chi connectivity index (χ4n) is 3.20. The summed E-state index contributed by atoms with van der Waals surface area (Å²) in [5.74, 6) is 0.609. The Balaban J connectivity index is 1.86. The van der Waals surface area contributed by atoms with Crippen molar-refractivity contribution in [1.82, 2.24) is 4.98 Å². The van der Waals surface area contributed by atoms with Crippen LogP contribution in [0.4, 0.5) is 11.4 Å². The summed E-state index contributed by atoms with van der Waals surface area (Å²) in [4.78, 5) is 17.3. The van der Waals surface area contributed by atoms with E-state index in [4.69, 9.17) is 5.26 Å². The lowest BCUT2D eigenvalue weighted by molar-refractivity contribution is 0.342. The molecular formula is C17H18N4O. The number of anilines is 1. The van der Waals surface area contributed by atoms with Gasteiger partial charge in [0.1, 0.15) is 5.69 Å². The monoisotopic (exact) mass is 294 g/mol. The molecule has 1 aliphatic rings. The lowest BCUT2D eigenvalue weighted by Gasteiger charge is -2.35. The zero-order valence-corrected chi connectivity index (χ0v) is 12.6. The summed E-state index contributed by atoms with van der Waals surface area (Å²) in [7, 11) is 0. The molecule has 0 amide bonds. The number of hydrogen-bond donors (Lipinski definition) is 0. The van der Waals surface area contributed by atoms with Gasteiger partial charge in [-0.05, 0) is 55.1 Å². The van der Waals surface area contributed by atoms with Crippen LogP contribution < -0.4 is 4.90 Å². The van der Waals surface area contributed by atoms with Gasteiger partial charge in [0.25, 0.3) is 0 Å². The minimum absolute atomic E-state index is 0.123. The Morgan fingerprint density at radius 1 is 1.36 bits per heavy atom. The Bertz CT molecular complexity index is 729. The molecule has 112 valence electrons. The molecule has 2 heterocycles. The highest BCUT2D eigenvalue weighted by Gasteiger charge is 2.24. The zero-order valence-electron chi connectivity index (χ0n) is 12.6. The summed E-state index contributed by atoms with van der Waals surface area (Å²) in [6.45, 7) is 3.91. The molecule has 3 rings (SSSR count). The topological polar surface area (TPSA) is 69.3 Å². The standard InChI is InChI=1S/C17H18N4O/c1-12(11-18)13-5-8-21(9-6-13)17-4-7-19-16-10-14(20-22)2-3-15(16)17/h2-4,7,10,12-13H,5-6,8-9H2,1H3. The van der Waals surface area contributed by atoms with Crippen molar-refractivity contribution in [2.75, 3.05) is 18.0 Å². The van der Waals surface area contributed by atoms with Crippen LogP contribution in [0.1, 0.15) is 19.8 Å². The van der Waals surface area contributed by atoms with Gasteiger partial charge in [-0.2, -0.15) is 5.26 Å². The van der Waals surface area contributed by atoms with E-state index >= 15 is 0 Å². The van der Waals surface area contributed by atoms with Crippen molar-refractivity contribution in [3.05, 3.63) is 35.4 Å². The highest BCUT2D eigenvalue weighted by Crippen LogP contribution is 2.32. The van der Waals surface area contributed by atoms with Crippen LogP contribution in [0.15, 0.2) is 35.6 Å². The minimum Gasteiger partial charge on any atom is -0.371 e. The van der Waals surface area contributed by atoms with Crippen molar-refractivity contribution >= 4 is 22.3 Å². The lowest BCUT2D eigenvalue weighted by Crippen LogP contribution is -2.35. The molecule has 22 heavy (non-hydrogen) atoms. The van der Waals surface area contributed by atoms with Gasteiger partial charge >= 0.3 is 0 Å². The molecular weight excluding hydrogens is 276 g/mol. The average molecular weight is 294 g/mol. The van der Waals surface area contributed by atoms with E-state index in [1.54, 1.807) is 18.3 Å². The molecule has 0 spiro atoms. The summed E-state index contributed by atoms with van der Waals surface area (Å²) >= 11 is 0. The smallest absolute Gasteiger partial charge is 0.110 e. The molecule has 2 aromatic rings. The normalized spacial score (nSPS) is 17.2. The van der Waals surface area contributed by atoms with Crippen LogP contribution in [0.25, 0.3) is 10.9 Å². The van der Waals surface area contributed by atoms with Gasteiger partial charge in [0.05, 0.1) is 11.6 Å². The molecule has 5 nitrogen and oxygen atoms in total. The molecule has 1 aromatic carbocycles. The fraction of sp³-hybridized carbons (Fsp3) is 0.412. The van der Waals surface area contributed by atoms with E-state index < -0.39 is 0 Å². The summed E-state index contributed by atoms with van der Waals surface area (Å²) in [5.41, 5.74) is 2.34. The Hall–Kier alpha value is -2.48. The van der Waals surface area contributed by atoms with Gasteiger partial charge in [-0.3, -0.25) is 4.98 Å². The molecule has 0 N–H and O–H groups in total. The average Bonchev–Trinajstić information content (AvgIpc) is 2.60. The predicted molar refractivity (Wildman–Crippen MR) is 86.9 cm³/mol. The Labute approximate surface area is 129 Å². The molecule has 0 bridgehead atoms. The Kier molecular flexibility index (Phi) is 4.01. The second-order valence-electron chi connectivity index (χ2n) is 5.87. The van der Waals surface area contributed by atoms with Gasteiger partial charge in [-0.1, -0.05) is 0 Å². The van der Waals surface area contributed by atoms with E-state index in [1.807, 2.05) is 19.1 Å². The van der Waals surface area contributed by atoms with Crippen LogP contribution in [-0.2, 0) is 0 Å². The molecule has 1 aliphatic heterocycles. The van der Waals surface area contributed by atoms with E-state index in [0.29, 0.717) is 11.6 Å². The van der Waals surface area contributed by atoms with Gasteiger partial charge in [-0.15, -0.1) is 4.91 Å². The first-order chi connectivity index (χ1) is 10.7. The van der Waals surface area contributed by atoms with Gasteiger partial charge in [0.2, 0.25) is 0 Å². The lowest BCUT2D eigenvalue weighted by atomic mass is 9.86. The molecule has 5 heteroatoms. The van der Waals surface area contributed by atoms with Gasteiger partial charge in [0.15, 0.2) is 0 Å². The summed E-state index contributed by atoms with van der Waals surface area (Å²) in [5, 5.41) is 13.1. The van der Waals surface area contributed by atoms with Crippen LogP contribution in [0.2, 0.25) is 0 Å². The minimum atomic E-state index is 0.123. The third kappa shape index (κ3) is 2.64. The van der Waals surface area contributed by atoms with Crippen LogP contribution in [0.5, 0.6) is 0 Å². The van der Waals surface area contributed by atoms with E-state index in [2.05, 4.69) is 21.1 Å². The van der Waals surface area contributed by atoms with Crippen molar-refractivity contribution in [1.29, 1.82) is 5.26 Å². The van der Waals surface area contributed by atoms with Gasteiger partial charge in [-0.25, -0.2) is 0 Å². The van der Waals surface area contributed by atoms with Crippen molar-refractivity contribution in [3.63, 3.8) is 0 Å². The highest BCUT2D eigenvalue weighted by molar-refractivity contribution is 5.93. The summed E-state index contributed by atoms with van der Waals surface area (Å²) < 4.78 is 0. The molecule has 0 radical (unpaired) electrons. The van der Waals surface area contributed by atoms with Crippen LogP contribution in [-0.4, -0.2) is 18.1 Å². The van der Waals surface area contributed by atoms with Gasteiger partial charge in [0, 0.05) is 36.3 Å². The first-order valence-electron chi connectivity index (χ1n) is 7.59. The molecule has 1 aromatic heterocycles. The Morgan fingerprint density at radius 3 is 2.82 bits per heavy atom. The number of piperidine rings is 1. The highest BCUT2D eigenvalue weighted by atomic mass is 16.3. The van der Waals surface area contributed by atoms with Crippen molar-refractivity contribution in [3.8, 4) is 6.07 Å². The zero-order chi connectivity index (χ0) is 15.5. The van der Waals surface area contributed by atoms with E-state index in [0.717, 1.165) is 42.5 Å². The number of benzene rings is 1. The maximum Gasteiger partial charge on any atom is 0.110 e. The molecule has 0 saturated carbocycles. The number of rotatable bonds is 3. The number of fused-ring (bicyclic) bond motifs is 1. The molecule has 1 unspecified atom stereocenters. The van der Waals surface area contributed by atoms with Gasteiger partial charge < -0.3 is 4.90 Å². The number of nitroso groups, excluding NO2 is 1. The third-order valence-electron chi connectivity index (χ3n) is 4.60. The first kappa shape index (κ1) is 14.5. The molecule has 1 fully saturated rings. The quantitative estimate of drug-likeness (QED) is 0.802. The van der Waals surface area contributed by atoms with Crippen molar-refractivity contribution < 1.29 is 0 Å². The number of aromatic nitrogens is 1. The van der Waals surface area contributed by atoms with Crippen molar-refractivity contribution in [2.45, 2.75) is 19.8 Å². The molecule has 1 saturated heterocycles. The van der Waals surface area contributed by atoms with Crippen LogP contribution in [0, 0.1) is 28.1 Å². The SMILES string of the molecule is CC(C#N)C1CCN(c2ccnc3cc(N=O)ccc23)CC1. The Morgan fingerprint density at radius 2 is 2.14 bits per heavy atom. The van der Waals surface area contributed by atoms with Crippen molar-refractivity contribution in [2.24, 2.45) is 17.0 Å². The maximum absolute atomic E-state index is 10.7. The fourth-order valence-corrected chi connectivity index (χ4v) is 3.20. The van der Waals surface area contributed by atoms with E-state index in [-0.39, 0.29) is 5.92 Å². The number of pyridine rings is 1. The predicted octanol–water partition coefficient (Wildman–Crippen LogP) is 4.01. The summed E-state index contributed by atoms with van der Waals surface area (Å²) in [6, 6.07) is 9.74. The van der Waals surface area contributed by atoms with E-state index in [1.165, 1.54) is 0 Å².